The van der Waals surface area contributed by atoms with Crippen molar-refractivity contribution in [2.75, 3.05) is 59.5 Å². The predicted octanol–water partition coefficient (Wildman–Crippen LogP) is 2.31. The van der Waals surface area contributed by atoms with Gasteiger partial charge in [0, 0.05) is 58.5 Å². The Labute approximate surface area is 181 Å². The van der Waals surface area contributed by atoms with E-state index in [1.54, 1.807) is 0 Å². The molecule has 0 aliphatic carbocycles. The number of rotatable bonds is 10. The molecule has 1 aliphatic rings. The third kappa shape index (κ3) is 9.23. The third-order valence-electron chi connectivity index (χ3n) is 4.74. The molecule has 0 bridgehead atoms. The number of benzene rings is 1. The zero-order valence-electron chi connectivity index (χ0n) is 16.8. The number of piperazine rings is 1. The van der Waals surface area contributed by atoms with Gasteiger partial charge in [0.05, 0.1) is 0 Å². The molecule has 1 fully saturated rings. The normalized spacial score (nSPS) is 18.9. The molecule has 0 aromatic heterocycles. The summed E-state index contributed by atoms with van der Waals surface area (Å²) in [5.41, 5.74) is 7.33. The van der Waals surface area contributed by atoms with Crippen molar-refractivity contribution in [3.05, 3.63) is 35.9 Å². The van der Waals surface area contributed by atoms with E-state index in [0.29, 0.717) is 18.5 Å². The SMILES string of the molecule is CCOCCCN=C(N)NCCCN1CCN(C)CC1c1ccccc1.I. The van der Waals surface area contributed by atoms with Gasteiger partial charge in [-0.3, -0.25) is 9.89 Å². The van der Waals surface area contributed by atoms with Crippen molar-refractivity contribution in [2.45, 2.75) is 25.8 Å². The van der Waals surface area contributed by atoms with Crippen LogP contribution in [0, 0.1) is 0 Å². The monoisotopic (exact) mass is 489 g/mol. The largest absolute Gasteiger partial charge is 0.382 e. The minimum atomic E-state index is 0. The van der Waals surface area contributed by atoms with Crippen molar-refractivity contribution >= 4 is 29.9 Å². The molecule has 1 atom stereocenters. The van der Waals surface area contributed by atoms with E-state index in [2.05, 4.69) is 57.5 Å². The molecule has 7 heteroatoms. The molecular weight excluding hydrogens is 453 g/mol. The Morgan fingerprint density at radius 3 is 2.78 bits per heavy atom. The highest BCUT2D eigenvalue weighted by Gasteiger charge is 2.25. The lowest BCUT2D eigenvalue weighted by Gasteiger charge is -2.40. The quantitative estimate of drug-likeness (QED) is 0.229. The lowest BCUT2D eigenvalue weighted by molar-refractivity contribution is 0.0891. The van der Waals surface area contributed by atoms with E-state index in [9.17, 15) is 0 Å². The average Bonchev–Trinajstić information content (AvgIpc) is 2.66. The van der Waals surface area contributed by atoms with Gasteiger partial charge >= 0.3 is 0 Å². The lowest BCUT2D eigenvalue weighted by atomic mass is 10.0. The Balaban J connectivity index is 0.00000364. The van der Waals surface area contributed by atoms with Gasteiger partial charge in [0.25, 0.3) is 0 Å². The maximum Gasteiger partial charge on any atom is 0.188 e. The number of nitrogens with two attached hydrogens (primary N) is 1. The lowest BCUT2D eigenvalue weighted by Crippen LogP contribution is -2.47. The van der Waals surface area contributed by atoms with Crippen LogP contribution in [0.2, 0.25) is 0 Å². The van der Waals surface area contributed by atoms with Crippen LogP contribution in [0.5, 0.6) is 0 Å². The molecule has 2 rings (SSSR count). The van der Waals surface area contributed by atoms with Gasteiger partial charge in [-0.15, -0.1) is 24.0 Å². The smallest absolute Gasteiger partial charge is 0.188 e. The van der Waals surface area contributed by atoms with E-state index in [4.69, 9.17) is 10.5 Å². The number of hydrogen-bond donors (Lipinski definition) is 2. The van der Waals surface area contributed by atoms with Crippen molar-refractivity contribution in [1.82, 2.24) is 15.1 Å². The van der Waals surface area contributed by atoms with Crippen LogP contribution >= 0.6 is 24.0 Å². The molecule has 1 aliphatic heterocycles. The van der Waals surface area contributed by atoms with Gasteiger partial charge in [0.2, 0.25) is 0 Å². The summed E-state index contributed by atoms with van der Waals surface area (Å²) < 4.78 is 5.30. The van der Waals surface area contributed by atoms with Crippen molar-refractivity contribution < 1.29 is 4.74 Å². The van der Waals surface area contributed by atoms with Crippen LogP contribution in [0.4, 0.5) is 0 Å². The summed E-state index contributed by atoms with van der Waals surface area (Å²) in [6.07, 6.45) is 1.97. The summed E-state index contributed by atoms with van der Waals surface area (Å²) >= 11 is 0. The molecule has 1 aromatic carbocycles. The summed E-state index contributed by atoms with van der Waals surface area (Å²) in [6.45, 7) is 9.46. The van der Waals surface area contributed by atoms with Gasteiger partial charge < -0.3 is 20.7 Å². The fourth-order valence-corrected chi connectivity index (χ4v) is 3.28. The molecule has 0 amide bonds. The van der Waals surface area contributed by atoms with E-state index in [0.717, 1.165) is 58.8 Å². The zero-order chi connectivity index (χ0) is 18.6. The average molecular weight is 489 g/mol. The summed E-state index contributed by atoms with van der Waals surface area (Å²) in [7, 11) is 2.21. The second-order valence-electron chi connectivity index (χ2n) is 6.82. The van der Waals surface area contributed by atoms with Gasteiger partial charge in [0.1, 0.15) is 0 Å². The standard InChI is InChI=1S/C20H35N5O.HI/c1-3-26-16-8-12-23-20(21)22-11-7-13-25-15-14-24(2)17-19(25)18-9-5-4-6-10-18;/h4-6,9-10,19H,3,7-8,11-17H2,1-2H3,(H3,21,22,23);1H. The fraction of sp³-hybridized carbons (Fsp3) is 0.650. The molecule has 1 unspecified atom stereocenters. The number of ether oxygens (including phenoxy) is 1. The fourth-order valence-electron chi connectivity index (χ4n) is 3.28. The second kappa shape index (κ2) is 14.1. The Bertz CT molecular complexity index is 528. The highest BCUT2D eigenvalue weighted by Crippen LogP contribution is 2.24. The van der Waals surface area contributed by atoms with Crippen molar-refractivity contribution in [3.8, 4) is 0 Å². The van der Waals surface area contributed by atoms with Crippen molar-refractivity contribution in [3.63, 3.8) is 0 Å². The molecule has 0 spiro atoms. The number of nitrogens with one attached hydrogen (secondary N) is 1. The minimum Gasteiger partial charge on any atom is -0.382 e. The molecule has 27 heavy (non-hydrogen) atoms. The van der Waals surface area contributed by atoms with Crippen molar-refractivity contribution in [1.29, 1.82) is 0 Å². The van der Waals surface area contributed by atoms with E-state index in [-0.39, 0.29) is 24.0 Å². The molecule has 3 N–H and O–H groups in total. The molecule has 154 valence electrons. The Kier molecular flexibility index (Phi) is 12.6. The van der Waals surface area contributed by atoms with E-state index < -0.39 is 0 Å². The van der Waals surface area contributed by atoms with Gasteiger partial charge in [-0.2, -0.15) is 0 Å². The first-order valence-corrected chi connectivity index (χ1v) is 9.79. The number of hydrogen-bond acceptors (Lipinski definition) is 4. The molecular formula is C20H36IN5O. The summed E-state index contributed by atoms with van der Waals surface area (Å²) in [4.78, 5) is 9.34. The predicted molar refractivity (Wildman–Crippen MR) is 124 cm³/mol. The van der Waals surface area contributed by atoms with Crippen molar-refractivity contribution in [2.24, 2.45) is 10.7 Å². The molecule has 1 aromatic rings. The van der Waals surface area contributed by atoms with Gasteiger partial charge in [-0.05, 0) is 32.4 Å². The van der Waals surface area contributed by atoms with Crippen LogP contribution in [0.3, 0.4) is 0 Å². The number of halogens is 1. The summed E-state index contributed by atoms with van der Waals surface area (Å²) in [5.74, 6) is 0.541. The maximum absolute atomic E-state index is 5.92. The zero-order valence-corrected chi connectivity index (χ0v) is 19.1. The summed E-state index contributed by atoms with van der Waals surface area (Å²) in [5, 5.41) is 3.23. The van der Waals surface area contributed by atoms with E-state index in [1.807, 2.05) is 6.92 Å². The minimum absolute atomic E-state index is 0. The number of guanidine groups is 1. The first kappa shape index (κ1) is 24.1. The van der Waals surface area contributed by atoms with E-state index >= 15 is 0 Å². The highest BCUT2D eigenvalue weighted by atomic mass is 127. The Morgan fingerprint density at radius 2 is 2.04 bits per heavy atom. The van der Waals surface area contributed by atoms with Gasteiger partial charge in [-0.25, -0.2) is 0 Å². The number of nitrogens with zero attached hydrogens (tertiary/aromatic N) is 3. The number of aliphatic imine (C=N–C) groups is 1. The first-order valence-electron chi connectivity index (χ1n) is 9.79. The summed E-state index contributed by atoms with van der Waals surface area (Å²) in [6, 6.07) is 11.3. The Hall–Kier alpha value is -0.900. The van der Waals surface area contributed by atoms with Crippen LogP contribution in [-0.4, -0.2) is 75.3 Å². The van der Waals surface area contributed by atoms with Crippen LogP contribution in [-0.2, 0) is 4.74 Å². The Morgan fingerprint density at radius 1 is 1.26 bits per heavy atom. The molecule has 0 radical (unpaired) electrons. The molecule has 1 saturated heterocycles. The molecule has 0 saturated carbocycles. The third-order valence-corrected chi connectivity index (χ3v) is 4.74. The van der Waals surface area contributed by atoms with Gasteiger partial charge in [-0.1, -0.05) is 30.3 Å². The second-order valence-corrected chi connectivity index (χ2v) is 6.82. The van der Waals surface area contributed by atoms with Crippen LogP contribution in [0.15, 0.2) is 35.3 Å². The highest BCUT2D eigenvalue weighted by molar-refractivity contribution is 14.0. The molecule has 6 nitrogen and oxygen atoms in total. The molecule has 1 heterocycles. The van der Waals surface area contributed by atoms with E-state index in [1.165, 1.54) is 5.56 Å². The number of likely N-dealkylation sites (N-methyl/N-ethyl adjacent to an activating group) is 1. The van der Waals surface area contributed by atoms with Crippen LogP contribution in [0.1, 0.15) is 31.4 Å². The maximum atomic E-state index is 5.92. The van der Waals surface area contributed by atoms with Gasteiger partial charge in [0.15, 0.2) is 5.96 Å². The van der Waals surface area contributed by atoms with Crippen LogP contribution < -0.4 is 11.1 Å². The van der Waals surface area contributed by atoms with Crippen LogP contribution in [0.25, 0.3) is 0 Å². The topological polar surface area (TPSA) is 66.1 Å². The first-order chi connectivity index (χ1) is 12.7.